The van der Waals surface area contributed by atoms with Gasteiger partial charge in [-0.25, -0.2) is 14.4 Å². The van der Waals surface area contributed by atoms with Crippen LogP contribution < -0.4 is 0 Å². The molecule has 0 spiro atoms. The van der Waals surface area contributed by atoms with Crippen LogP contribution in [-0.4, -0.2) is 99.4 Å². The highest BCUT2D eigenvalue weighted by molar-refractivity contribution is 5.95. The van der Waals surface area contributed by atoms with Crippen LogP contribution in [0.15, 0.2) is 54.6 Å². The van der Waals surface area contributed by atoms with Crippen molar-refractivity contribution >= 4 is 23.9 Å². The Morgan fingerprint density at radius 3 is 2.33 bits per heavy atom. The van der Waals surface area contributed by atoms with E-state index in [0.29, 0.717) is 17.9 Å². The lowest BCUT2D eigenvalue weighted by molar-refractivity contribution is -0.382. The molecule has 1 aromatic carbocycles. The summed E-state index contributed by atoms with van der Waals surface area (Å²) in [6.07, 6.45) is -2.78. The lowest BCUT2D eigenvalue weighted by Gasteiger charge is -2.50. The summed E-state index contributed by atoms with van der Waals surface area (Å²) in [5.41, 5.74) is -5.13. The van der Waals surface area contributed by atoms with Gasteiger partial charge in [0.05, 0.1) is 13.7 Å². The van der Waals surface area contributed by atoms with Crippen molar-refractivity contribution in [2.75, 3.05) is 13.7 Å². The number of carboxylic acids is 1. The van der Waals surface area contributed by atoms with Crippen LogP contribution in [-0.2, 0) is 49.3 Å². The molecular weight excluding hydrogens is 640 g/mol. The Balaban J connectivity index is 2.00. The van der Waals surface area contributed by atoms with Crippen molar-refractivity contribution in [1.29, 1.82) is 0 Å². The molecule has 0 radical (unpaired) electrons. The molecule has 0 amide bonds. The van der Waals surface area contributed by atoms with E-state index in [1.807, 2.05) is 51.1 Å². The first-order chi connectivity index (χ1) is 23.0. The van der Waals surface area contributed by atoms with Gasteiger partial charge in [0.2, 0.25) is 17.0 Å². The summed E-state index contributed by atoms with van der Waals surface area (Å²) in [5, 5.41) is 44.4. The molecule has 1 aromatic rings. The minimum absolute atomic E-state index is 0.0548. The van der Waals surface area contributed by atoms with Crippen molar-refractivity contribution in [3.05, 3.63) is 60.2 Å². The Hall–Kier alpha value is -3.62. The topological polar surface area (TPSA) is 195 Å². The zero-order valence-corrected chi connectivity index (χ0v) is 29.0. The van der Waals surface area contributed by atoms with Crippen LogP contribution in [0.5, 0.6) is 0 Å². The summed E-state index contributed by atoms with van der Waals surface area (Å²) in [5.74, 6) is -7.50. The van der Waals surface area contributed by atoms with Crippen LogP contribution in [0.3, 0.4) is 0 Å². The number of allylic oxidation sites excluding steroid dienone is 1. The molecule has 10 atom stereocenters. The minimum atomic E-state index is -3.29. The van der Waals surface area contributed by atoms with Crippen molar-refractivity contribution < 1.29 is 63.3 Å². The van der Waals surface area contributed by atoms with E-state index in [-0.39, 0.29) is 24.7 Å². The zero-order chi connectivity index (χ0) is 36.7. The fourth-order valence-electron chi connectivity index (χ4n) is 6.78. The summed E-state index contributed by atoms with van der Waals surface area (Å²) in [6, 6.07) is 9.48. The summed E-state index contributed by atoms with van der Waals surface area (Å²) in [4.78, 5) is 51.5. The average molecular weight is 691 g/mol. The maximum Gasteiger partial charge on any atom is 0.344 e. The molecule has 2 aliphatic heterocycles. The molecule has 0 saturated carbocycles. The van der Waals surface area contributed by atoms with Crippen molar-refractivity contribution in [1.82, 2.24) is 0 Å². The summed E-state index contributed by atoms with van der Waals surface area (Å²) < 4.78 is 27.6. The molecule has 2 aliphatic rings. The molecule has 4 N–H and O–H groups in total. The minimum Gasteiger partial charge on any atom is -0.479 e. The molecule has 2 bridgehead atoms. The van der Waals surface area contributed by atoms with Crippen LogP contribution in [0, 0.1) is 17.8 Å². The molecule has 3 rings (SSSR count). The Morgan fingerprint density at radius 2 is 1.78 bits per heavy atom. The van der Waals surface area contributed by atoms with Gasteiger partial charge in [0, 0.05) is 25.3 Å². The Morgan fingerprint density at radius 1 is 1.12 bits per heavy atom. The number of benzene rings is 1. The number of methoxy groups -OCH3 is 1. The number of hydrogen-bond acceptors (Lipinski definition) is 12. The monoisotopic (exact) mass is 690 g/mol. The van der Waals surface area contributed by atoms with Crippen molar-refractivity contribution in [3.8, 4) is 0 Å². The van der Waals surface area contributed by atoms with Crippen LogP contribution in [0.4, 0.5) is 0 Å². The molecule has 2 heterocycles. The van der Waals surface area contributed by atoms with E-state index in [9.17, 15) is 39.6 Å². The number of ether oxygens (including phenoxy) is 5. The lowest BCUT2D eigenvalue weighted by atomic mass is 9.74. The first-order valence-electron chi connectivity index (χ1n) is 16.5. The van der Waals surface area contributed by atoms with Crippen molar-refractivity contribution in [2.24, 2.45) is 17.8 Å². The van der Waals surface area contributed by atoms with Crippen LogP contribution >= 0.6 is 0 Å². The molecule has 13 heteroatoms. The van der Waals surface area contributed by atoms with Gasteiger partial charge >= 0.3 is 23.9 Å². The van der Waals surface area contributed by atoms with E-state index in [1.54, 1.807) is 6.08 Å². The maximum absolute atomic E-state index is 13.1. The SMILES string of the molecule is C=C(CC[C@]12O[C@H](CO)[C@@](O)(C(=O)OC)[C@](C(=O)O)(O1)[C@H](OC(=O)/C=C/[C@@H](C)C[C@@H](C)CC)[C@H]2O)[C@@H](OC(C)=O)[C@H](C)Cc1ccccc1. The summed E-state index contributed by atoms with van der Waals surface area (Å²) in [6.45, 7) is 12.1. The quantitative estimate of drug-likeness (QED) is 0.0807. The second-order valence-electron chi connectivity index (χ2n) is 13.2. The van der Waals surface area contributed by atoms with Crippen LogP contribution in [0.25, 0.3) is 0 Å². The molecule has 272 valence electrons. The summed E-state index contributed by atoms with van der Waals surface area (Å²) in [7, 11) is 0.871. The van der Waals surface area contributed by atoms with Gasteiger partial charge in [-0.3, -0.25) is 4.79 Å². The molecule has 2 saturated heterocycles. The van der Waals surface area contributed by atoms with Gasteiger partial charge in [0.25, 0.3) is 0 Å². The van der Waals surface area contributed by atoms with Gasteiger partial charge in [0.15, 0.2) is 6.10 Å². The van der Waals surface area contributed by atoms with E-state index in [1.165, 1.54) is 6.92 Å². The first-order valence-corrected chi connectivity index (χ1v) is 16.5. The molecular formula is C36H50O13. The Labute approximate surface area is 286 Å². The number of esters is 3. The number of carbonyl (C=O) groups is 4. The van der Waals surface area contributed by atoms with Gasteiger partial charge in [-0.05, 0) is 42.2 Å². The van der Waals surface area contributed by atoms with Gasteiger partial charge < -0.3 is 44.1 Å². The lowest BCUT2D eigenvalue weighted by Crippen LogP contribution is -2.77. The van der Waals surface area contributed by atoms with Crippen molar-refractivity contribution in [2.45, 2.75) is 108 Å². The molecule has 2 fully saturated rings. The number of carbonyl (C=O) groups excluding carboxylic acids is 3. The largest absolute Gasteiger partial charge is 0.479 e. The Bertz CT molecular complexity index is 1380. The first kappa shape index (κ1) is 39.8. The van der Waals surface area contributed by atoms with E-state index in [4.69, 9.17) is 23.7 Å². The normalized spacial score (nSPS) is 30.2. The predicted molar refractivity (Wildman–Crippen MR) is 175 cm³/mol. The third-order valence-corrected chi connectivity index (χ3v) is 9.51. The number of carboxylic acid groups (broad SMARTS) is 1. The second-order valence-corrected chi connectivity index (χ2v) is 13.2. The molecule has 0 aliphatic carbocycles. The predicted octanol–water partition coefficient (Wildman–Crippen LogP) is 2.88. The molecule has 0 unspecified atom stereocenters. The Kier molecular flexibility index (Phi) is 13.3. The third-order valence-electron chi connectivity index (χ3n) is 9.51. The van der Waals surface area contributed by atoms with E-state index in [2.05, 4.69) is 13.5 Å². The van der Waals surface area contributed by atoms with E-state index in [0.717, 1.165) is 31.6 Å². The average Bonchev–Trinajstić information content (AvgIpc) is 3.28. The second kappa shape index (κ2) is 16.4. The van der Waals surface area contributed by atoms with Crippen molar-refractivity contribution in [3.63, 3.8) is 0 Å². The van der Waals surface area contributed by atoms with Crippen LogP contribution in [0.2, 0.25) is 0 Å². The standard InChI is InChI=1S/C36H50O13/c1-8-21(2)18-22(3)14-15-28(39)47-31-30(40)34(48-27(20-37)35(44,33(43)45-7)36(31,49-34)32(41)42)17-16-23(4)29(46-25(6)38)24(5)19-26-12-10-9-11-13-26/h9-15,21-22,24,27,29-31,37,40,44H,4,8,16-20H2,1-3,5-7H3,(H,41,42)/b15-14+/t21-,22+,24+,27+,29+,30+,31+,34-,35+,36-/m0/s1. The smallest absolute Gasteiger partial charge is 0.344 e. The van der Waals surface area contributed by atoms with Gasteiger partial charge in [-0.1, -0.05) is 77.1 Å². The number of aliphatic hydroxyl groups excluding tert-OH is 2. The van der Waals surface area contributed by atoms with Gasteiger partial charge in [-0.15, -0.1) is 0 Å². The highest BCUT2D eigenvalue weighted by atomic mass is 16.8. The fraction of sp³-hybridized carbons (Fsp3) is 0.611. The molecule has 0 aromatic heterocycles. The van der Waals surface area contributed by atoms with E-state index < -0.39 is 71.9 Å². The number of hydrogen-bond donors (Lipinski definition) is 4. The van der Waals surface area contributed by atoms with E-state index >= 15 is 0 Å². The highest BCUT2D eigenvalue weighted by Gasteiger charge is 2.84. The number of aliphatic carboxylic acids is 1. The number of aliphatic hydroxyl groups is 3. The molecule has 13 nitrogen and oxygen atoms in total. The number of fused-ring (bicyclic) bond motifs is 2. The third kappa shape index (κ3) is 8.07. The van der Waals surface area contributed by atoms with Gasteiger partial charge in [-0.2, -0.15) is 0 Å². The van der Waals surface area contributed by atoms with Crippen LogP contribution in [0.1, 0.15) is 65.9 Å². The maximum atomic E-state index is 13.1. The fourth-order valence-corrected chi connectivity index (χ4v) is 6.78. The highest BCUT2D eigenvalue weighted by Crippen LogP contribution is 2.56. The van der Waals surface area contributed by atoms with Gasteiger partial charge in [0.1, 0.15) is 18.3 Å². The number of rotatable bonds is 17. The summed E-state index contributed by atoms with van der Waals surface area (Å²) >= 11 is 0. The molecule has 49 heavy (non-hydrogen) atoms. The zero-order valence-electron chi connectivity index (χ0n) is 29.0.